The maximum absolute atomic E-state index is 13.6. The average molecular weight is 322 g/mol. The predicted molar refractivity (Wildman–Crippen MR) is 79.5 cm³/mol. The molecular weight excluding hydrogens is 312 g/mol. The van der Waals surface area contributed by atoms with Crippen LogP contribution in [-0.2, 0) is 0 Å². The van der Waals surface area contributed by atoms with Crippen molar-refractivity contribution < 1.29 is 4.39 Å². The quantitative estimate of drug-likeness (QED) is 0.698. The van der Waals surface area contributed by atoms with Crippen LogP contribution in [0.25, 0.3) is 5.65 Å². The van der Waals surface area contributed by atoms with Crippen LogP contribution in [0.1, 0.15) is 29.4 Å². The first kappa shape index (κ1) is 13.0. The minimum atomic E-state index is -0.376. The number of fused-ring (bicyclic) bond motifs is 1. The fourth-order valence-corrected chi connectivity index (χ4v) is 3.15. The smallest absolute Gasteiger partial charge is 0.157 e. The van der Waals surface area contributed by atoms with Crippen molar-refractivity contribution in [2.75, 3.05) is 0 Å². The number of nitrogens with zero attached hydrogens (tertiary/aromatic N) is 3. The van der Waals surface area contributed by atoms with Crippen LogP contribution in [-0.4, -0.2) is 14.6 Å². The van der Waals surface area contributed by atoms with E-state index in [2.05, 4.69) is 10.1 Å². The molecule has 0 spiro atoms. The first-order valence-corrected chi connectivity index (χ1v) is 7.34. The molecule has 0 radical (unpaired) electrons. The molecule has 1 fully saturated rings. The van der Waals surface area contributed by atoms with Gasteiger partial charge in [0.2, 0.25) is 0 Å². The van der Waals surface area contributed by atoms with Crippen LogP contribution in [0.3, 0.4) is 0 Å². The average Bonchev–Trinajstić information content (AvgIpc) is 3.11. The van der Waals surface area contributed by atoms with E-state index in [1.54, 1.807) is 23.0 Å². The van der Waals surface area contributed by atoms with Crippen molar-refractivity contribution in [3.63, 3.8) is 0 Å². The summed E-state index contributed by atoms with van der Waals surface area (Å²) in [5, 5.41) is 4.76. The molecule has 0 N–H and O–H groups in total. The Hall–Kier alpha value is -1.65. The minimum Gasteiger partial charge on any atom is -0.235 e. The zero-order valence-corrected chi connectivity index (χ0v) is 12.3. The number of benzene rings is 1. The summed E-state index contributed by atoms with van der Waals surface area (Å²) in [6, 6.07) is 6.84. The molecule has 2 aromatic heterocycles. The molecule has 6 heteroatoms. The van der Waals surface area contributed by atoms with Gasteiger partial charge in [-0.25, -0.2) is 13.9 Å². The molecule has 1 saturated carbocycles. The molecule has 1 aliphatic rings. The van der Waals surface area contributed by atoms with Gasteiger partial charge in [-0.2, -0.15) is 5.10 Å². The highest BCUT2D eigenvalue weighted by molar-refractivity contribution is 6.30. The Bertz CT molecular complexity index is 846. The zero-order valence-electron chi connectivity index (χ0n) is 10.8. The number of rotatable bonds is 2. The summed E-state index contributed by atoms with van der Waals surface area (Å²) in [6.45, 7) is 0. The maximum Gasteiger partial charge on any atom is 0.157 e. The van der Waals surface area contributed by atoms with Crippen molar-refractivity contribution >= 4 is 28.8 Å². The number of hydrogen-bond acceptors (Lipinski definition) is 2. The lowest BCUT2D eigenvalue weighted by Gasteiger charge is -2.05. The fraction of sp³-hybridized carbons (Fsp3) is 0.200. The standard InChI is InChI=1S/C15H10Cl2FN3/c16-12-2-1-8(5-13(12)18)9-6-10(9)11-7-14(17)20-21-4-3-19-15(11)21/h1-5,7,9-10H,6H2/t9?,10-/m0/s1. The first-order valence-electron chi connectivity index (χ1n) is 6.58. The molecule has 1 aliphatic carbocycles. The normalized spacial score (nSPS) is 20.9. The van der Waals surface area contributed by atoms with Crippen molar-refractivity contribution in [3.05, 3.63) is 63.8 Å². The molecule has 106 valence electrons. The predicted octanol–water partition coefficient (Wildman–Crippen LogP) is 4.45. The Morgan fingerprint density at radius 3 is 2.86 bits per heavy atom. The summed E-state index contributed by atoms with van der Waals surface area (Å²) in [7, 11) is 0. The third-order valence-corrected chi connectivity index (χ3v) is 4.41. The van der Waals surface area contributed by atoms with Crippen molar-refractivity contribution in [3.8, 4) is 0 Å². The molecule has 0 bridgehead atoms. The zero-order chi connectivity index (χ0) is 14.6. The molecule has 2 heterocycles. The summed E-state index contributed by atoms with van der Waals surface area (Å²) >= 11 is 11.8. The van der Waals surface area contributed by atoms with E-state index < -0.39 is 0 Å². The second kappa shape index (κ2) is 4.68. The van der Waals surface area contributed by atoms with E-state index in [9.17, 15) is 4.39 Å². The Balaban J connectivity index is 1.72. The molecule has 0 saturated heterocycles. The SMILES string of the molecule is Fc1cc(C2C[C@@H]2c2cc(Cl)nn3ccnc23)ccc1Cl. The van der Waals surface area contributed by atoms with Crippen LogP contribution in [0.4, 0.5) is 4.39 Å². The van der Waals surface area contributed by atoms with Crippen LogP contribution in [0.5, 0.6) is 0 Å². The van der Waals surface area contributed by atoms with E-state index in [1.165, 1.54) is 6.07 Å². The van der Waals surface area contributed by atoms with Crippen molar-refractivity contribution in [1.29, 1.82) is 0 Å². The molecule has 2 atom stereocenters. The third-order valence-electron chi connectivity index (χ3n) is 3.92. The number of aromatic nitrogens is 3. The monoisotopic (exact) mass is 321 g/mol. The molecule has 0 aliphatic heterocycles. The molecule has 1 aromatic carbocycles. The molecule has 0 amide bonds. The van der Waals surface area contributed by atoms with E-state index in [-0.39, 0.29) is 22.7 Å². The van der Waals surface area contributed by atoms with Crippen molar-refractivity contribution in [2.45, 2.75) is 18.3 Å². The Morgan fingerprint density at radius 2 is 2.05 bits per heavy atom. The van der Waals surface area contributed by atoms with E-state index in [4.69, 9.17) is 23.2 Å². The highest BCUT2D eigenvalue weighted by Gasteiger charge is 2.41. The Morgan fingerprint density at radius 1 is 1.19 bits per heavy atom. The largest absolute Gasteiger partial charge is 0.235 e. The topological polar surface area (TPSA) is 30.2 Å². The van der Waals surface area contributed by atoms with E-state index >= 15 is 0 Å². The molecule has 1 unspecified atom stereocenters. The van der Waals surface area contributed by atoms with E-state index in [1.807, 2.05) is 12.1 Å². The summed E-state index contributed by atoms with van der Waals surface area (Å²) in [5.74, 6) is 0.185. The lowest BCUT2D eigenvalue weighted by Crippen LogP contribution is -1.96. The summed E-state index contributed by atoms with van der Waals surface area (Å²) in [5.41, 5.74) is 2.82. The van der Waals surface area contributed by atoms with Crippen LogP contribution in [0.15, 0.2) is 36.7 Å². The van der Waals surface area contributed by atoms with Gasteiger partial charge in [0, 0.05) is 18.0 Å². The number of imidazole rings is 1. The highest BCUT2D eigenvalue weighted by atomic mass is 35.5. The van der Waals surface area contributed by atoms with Crippen molar-refractivity contribution in [1.82, 2.24) is 14.6 Å². The van der Waals surface area contributed by atoms with Gasteiger partial charge in [-0.3, -0.25) is 0 Å². The number of halogens is 3. The lowest BCUT2D eigenvalue weighted by atomic mass is 10.1. The molecule has 4 rings (SSSR count). The van der Waals surface area contributed by atoms with Gasteiger partial charge in [0.1, 0.15) is 11.0 Å². The van der Waals surface area contributed by atoms with Gasteiger partial charge >= 0.3 is 0 Å². The van der Waals surface area contributed by atoms with Gasteiger partial charge in [0.05, 0.1) is 5.02 Å². The molecular formula is C15H10Cl2FN3. The van der Waals surface area contributed by atoms with E-state index in [0.29, 0.717) is 5.15 Å². The molecule has 3 aromatic rings. The van der Waals surface area contributed by atoms with Crippen LogP contribution in [0, 0.1) is 5.82 Å². The van der Waals surface area contributed by atoms with Gasteiger partial charge in [0.25, 0.3) is 0 Å². The third kappa shape index (κ3) is 2.19. The van der Waals surface area contributed by atoms with Gasteiger partial charge in [-0.05, 0) is 42.0 Å². The number of hydrogen-bond donors (Lipinski definition) is 0. The summed E-state index contributed by atoms with van der Waals surface area (Å²) < 4.78 is 15.3. The minimum absolute atomic E-state index is 0.151. The van der Waals surface area contributed by atoms with E-state index in [0.717, 1.165) is 23.2 Å². The van der Waals surface area contributed by atoms with Crippen LogP contribution >= 0.6 is 23.2 Å². The van der Waals surface area contributed by atoms with Crippen molar-refractivity contribution in [2.24, 2.45) is 0 Å². The second-order valence-corrected chi connectivity index (χ2v) is 6.03. The van der Waals surface area contributed by atoms with Gasteiger partial charge in [-0.15, -0.1) is 0 Å². The Kier molecular flexibility index (Phi) is 2.91. The van der Waals surface area contributed by atoms with Crippen LogP contribution < -0.4 is 0 Å². The van der Waals surface area contributed by atoms with Crippen LogP contribution in [0.2, 0.25) is 10.2 Å². The fourth-order valence-electron chi connectivity index (χ4n) is 2.83. The van der Waals surface area contributed by atoms with Gasteiger partial charge in [0.15, 0.2) is 5.65 Å². The first-order chi connectivity index (χ1) is 10.1. The van der Waals surface area contributed by atoms with Gasteiger partial charge < -0.3 is 0 Å². The maximum atomic E-state index is 13.6. The Labute approximate surface area is 130 Å². The highest BCUT2D eigenvalue weighted by Crippen LogP contribution is 2.55. The van der Waals surface area contributed by atoms with Gasteiger partial charge in [-0.1, -0.05) is 29.3 Å². The molecule has 3 nitrogen and oxygen atoms in total. The second-order valence-electron chi connectivity index (χ2n) is 5.24. The molecule has 21 heavy (non-hydrogen) atoms. The lowest BCUT2D eigenvalue weighted by molar-refractivity contribution is 0.626. The summed E-state index contributed by atoms with van der Waals surface area (Å²) in [6.07, 6.45) is 4.41. The summed E-state index contributed by atoms with van der Waals surface area (Å²) in [4.78, 5) is 4.33.